The molecule has 1 nitrogen and oxygen atoms in total. The first-order chi connectivity index (χ1) is 4.13. The van der Waals surface area contributed by atoms with E-state index >= 15 is 0 Å². The van der Waals surface area contributed by atoms with Crippen molar-refractivity contribution in [1.82, 2.24) is 0 Å². The molecule has 1 aromatic rings. The van der Waals surface area contributed by atoms with Crippen LogP contribution in [0.2, 0.25) is 0 Å². The fraction of sp³-hybridized carbons (Fsp3) is 0.429. The summed E-state index contributed by atoms with van der Waals surface area (Å²) in [7, 11) is 0. The Bertz CT molecular complexity index is 203. The highest BCUT2D eigenvalue weighted by atomic mass is 32.1. The van der Waals surface area contributed by atoms with Gasteiger partial charge in [0, 0.05) is 15.4 Å². The van der Waals surface area contributed by atoms with Gasteiger partial charge in [0.25, 0.3) is 0 Å². The number of thiophene rings is 1. The summed E-state index contributed by atoms with van der Waals surface area (Å²) in [4.78, 5) is 2.58. The minimum Gasteiger partial charge on any atom is -0.398 e. The third kappa shape index (κ3) is 0.944. The number of hydrogen-bond donors (Lipinski definition) is 1. The monoisotopic (exact) mass is 141 g/mol. The van der Waals surface area contributed by atoms with Crippen molar-refractivity contribution in [2.45, 2.75) is 20.8 Å². The maximum Gasteiger partial charge on any atom is 0.0484 e. The number of aryl methyl sites for hydroxylation is 2. The molecule has 2 N–H and O–H groups in total. The average molecular weight is 141 g/mol. The van der Waals surface area contributed by atoms with Gasteiger partial charge in [-0.15, -0.1) is 11.3 Å². The molecule has 0 unspecified atom stereocenters. The van der Waals surface area contributed by atoms with Crippen molar-refractivity contribution < 1.29 is 0 Å². The number of rotatable bonds is 0. The van der Waals surface area contributed by atoms with Gasteiger partial charge in [-0.1, -0.05) is 0 Å². The van der Waals surface area contributed by atoms with Crippen LogP contribution in [0.25, 0.3) is 0 Å². The van der Waals surface area contributed by atoms with E-state index < -0.39 is 0 Å². The molecule has 0 fully saturated rings. The van der Waals surface area contributed by atoms with Crippen molar-refractivity contribution in [1.29, 1.82) is 0 Å². The highest BCUT2D eigenvalue weighted by Crippen LogP contribution is 2.27. The topological polar surface area (TPSA) is 26.0 Å². The standard InChI is InChI=1S/C7H11NS/c1-4-5(2)9-6(3)7(4)8/h8H2,1-3H3. The Kier molecular flexibility index (Phi) is 1.49. The van der Waals surface area contributed by atoms with Gasteiger partial charge in [-0.2, -0.15) is 0 Å². The summed E-state index contributed by atoms with van der Waals surface area (Å²) in [5, 5.41) is 0. The van der Waals surface area contributed by atoms with Crippen molar-refractivity contribution in [3.63, 3.8) is 0 Å². The van der Waals surface area contributed by atoms with Crippen molar-refractivity contribution in [2.24, 2.45) is 0 Å². The first kappa shape index (κ1) is 6.62. The van der Waals surface area contributed by atoms with Gasteiger partial charge in [-0.25, -0.2) is 0 Å². The Balaban J connectivity index is 3.29. The van der Waals surface area contributed by atoms with Gasteiger partial charge in [0.1, 0.15) is 0 Å². The van der Waals surface area contributed by atoms with E-state index in [2.05, 4.69) is 20.8 Å². The Hall–Kier alpha value is -0.500. The molecule has 9 heavy (non-hydrogen) atoms. The first-order valence-electron chi connectivity index (χ1n) is 2.95. The molecule has 0 aliphatic heterocycles. The summed E-state index contributed by atoms with van der Waals surface area (Å²) in [6.45, 7) is 6.22. The molecule has 0 spiro atoms. The van der Waals surface area contributed by atoms with Gasteiger partial charge in [0.05, 0.1) is 0 Å². The van der Waals surface area contributed by atoms with E-state index in [1.54, 1.807) is 11.3 Å². The minimum atomic E-state index is 0.970. The van der Waals surface area contributed by atoms with Crippen LogP contribution in [-0.4, -0.2) is 0 Å². The molecule has 0 atom stereocenters. The zero-order valence-electron chi connectivity index (χ0n) is 5.99. The first-order valence-corrected chi connectivity index (χ1v) is 3.76. The summed E-state index contributed by atoms with van der Waals surface area (Å²) in [5.41, 5.74) is 7.93. The van der Waals surface area contributed by atoms with Crippen LogP contribution in [0.5, 0.6) is 0 Å². The second kappa shape index (κ2) is 2.03. The quantitative estimate of drug-likeness (QED) is 0.589. The lowest BCUT2D eigenvalue weighted by atomic mass is 10.2. The number of nitrogens with two attached hydrogens (primary N) is 1. The average Bonchev–Trinajstić information content (AvgIpc) is 1.98. The summed E-state index contributed by atoms with van der Waals surface area (Å²) in [5.74, 6) is 0. The number of hydrogen-bond acceptors (Lipinski definition) is 2. The molecule has 0 aromatic carbocycles. The van der Waals surface area contributed by atoms with Gasteiger partial charge < -0.3 is 5.73 Å². The summed E-state index contributed by atoms with van der Waals surface area (Å²) < 4.78 is 0. The van der Waals surface area contributed by atoms with Crippen molar-refractivity contribution in [3.05, 3.63) is 15.3 Å². The molecule has 0 radical (unpaired) electrons. The molecule has 0 aliphatic rings. The molecule has 0 bridgehead atoms. The van der Waals surface area contributed by atoms with Crippen molar-refractivity contribution in [2.75, 3.05) is 5.73 Å². The predicted molar refractivity (Wildman–Crippen MR) is 42.9 cm³/mol. The fourth-order valence-electron chi connectivity index (χ4n) is 0.815. The Morgan fingerprint density at radius 2 is 1.67 bits per heavy atom. The van der Waals surface area contributed by atoms with Crippen molar-refractivity contribution >= 4 is 17.0 Å². The maximum atomic E-state index is 5.71. The minimum absolute atomic E-state index is 0.970. The highest BCUT2D eigenvalue weighted by molar-refractivity contribution is 7.12. The van der Waals surface area contributed by atoms with Crippen LogP contribution < -0.4 is 5.73 Å². The summed E-state index contributed by atoms with van der Waals surface area (Å²) >= 11 is 1.77. The number of anilines is 1. The van der Waals surface area contributed by atoms with E-state index in [0.717, 1.165) is 5.69 Å². The van der Waals surface area contributed by atoms with Crippen LogP contribution in [0, 0.1) is 20.8 Å². The van der Waals surface area contributed by atoms with Crippen LogP contribution in [0.15, 0.2) is 0 Å². The van der Waals surface area contributed by atoms with Gasteiger partial charge in [0.2, 0.25) is 0 Å². The molecule has 50 valence electrons. The van der Waals surface area contributed by atoms with Gasteiger partial charge >= 0.3 is 0 Å². The van der Waals surface area contributed by atoms with E-state index in [1.807, 2.05) is 0 Å². The van der Waals surface area contributed by atoms with Gasteiger partial charge in [0.15, 0.2) is 0 Å². The molecule has 0 aliphatic carbocycles. The molecular weight excluding hydrogens is 130 g/mol. The molecule has 0 saturated heterocycles. The summed E-state index contributed by atoms with van der Waals surface area (Å²) in [6.07, 6.45) is 0. The zero-order valence-corrected chi connectivity index (χ0v) is 6.80. The van der Waals surface area contributed by atoms with Crippen LogP contribution in [0.4, 0.5) is 5.69 Å². The van der Waals surface area contributed by atoms with Crippen molar-refractivity contribution in [3.8, 4) is 0 Å². The number of nitrogen functional groups attached to an aromatic ring is 1. The Morgan fingerprint density at radius 1 is 1.11 bits per heavy atom. The lowest BCUT2D eigenvalue weighted by Gasteiger charge is -1.89. The second-order valence-electron chi connectivity index (χ2n) is 2.25. The molecule has 1 aromatic heterocycles. The van der Waals surface area contributed by atoms with E-state index in [1.165, 1.54) is 15.3 Å². The van der Waals surface area contributed by atoms with E-state index in [9.17, 15) is 0 Å². The third-order valence-electron chi connectivity index (χ3n) is 1.62. The Labute approximate surface area is 59.5 Å². The van der Waals surface area contributed by atoms with Crippen LogP contribution in [0.1, 0.15) is 15.3 Å². The zero-order chi connectivity index (χ0) is 7.02. The van der Waals surface area contributed by atoms with Gasteiger partial charge in [-0.3, -0.25) is 0 Å². The van der Waals surface area contributed by atoms with E-state index in [0.29, 0.717) is 0 Å². The smallest absolute Gasteiger partial charge is 0.0484 e. The predicted octanol–water partition coefficient (Wildman–Crippen LogP) is 2.26. The highest BCUT2D eigenvalue weighted by Gasteiger charge is 2.03. The van der Waals surface area contributed by atoms with E-state index in [-0.39, 0.29) is 0 Å². The van der Waals surface area contributed by atoms with Crippen LogP contribution in [-0.2, 0) is 0 Å². The SMILES string of the molecule is Cc1sc(C)c(N)c1C. The van der Waals surface area contributed by atoms with Crippen LogP contribution >= 0.6 is 11.3 Å². The molecule has 2 heteroatoms. The van der Waals surface area contributed by atoms with E-state index in [4.69, 9.17) is 5.73 Å². The largest absolute Gasteiger partial charge is 0.398 e. The molecular formula is C7H11NS. The van der Waals surface area contributed by atoms with Crippen LogP contribution in [0.3, 0.4) is 0 Å². The molecule has 1 rings (SSSR count). The fourth-order valence-corrected chi connectivity index (χ4v) is 1.80. The lowest BCUT2D eigenvalue weighted by Crippen LogP contribution is -1.85. The second-order valence-corrected chi connectivity index (χ2v) is 3.68. The third-order valence-corrected chi connectivity index (χ3v) is 2.76. The molecule has 0 amide bonds. The Morgan fingerprint density at radius 3 is 1.78 bits per heavy atom. The maximum absolute atomic E-state index is 5.71. The molecule has 1 heterocycles. The molecule has 0 saturated carbocycles. The lowest BCUT2D eigenvalue weighted by molar-refractivity contribution is 1.43. The summed E-state index contributed by atoms with van der Waals surface area (Å²) in [6, 6.07) is 0. The van der Waals surface area contributed by atoms with Gasteiger partial charge in [-0.05, 0) is 26.3 Å². The normalized spacial score (nSPS) is 10.1.